The highest BCUT2D eigenvalue weighted by Gasteiger charge is 2.28. The molecule has 1 N–H and O–H groups in total. The van der Waals surface area contributed by atoms with Crippen LogP contribution in [0.5, 0.6) is 0 Å². The highest BCUT2D eigenvalue weighted by atomic mass is 32.2. The number of carbonyl (C=O) groups is 1. The minimum atomic E-state index is -3.62. The third-order valence-corrected chi connectivity index (χ3v) is 7.28. The lowest BCUT2D eigenvalue weighted by atomic mass is 10.2. The number of rotatable bonds is 6. The number of hydrogen-bond acceptors (Lipinski definition) is 4. The number of halogens is 1. The predicted octanol–water partition coefficient (Wildman–Crippen LogP) is 2.45. The molecule has 8 nitrogen and oxygen atoms in total. The van der Waals surface area contributed by atoms with Gasteiger partial charge in [-0.05, 0) is 36.6 Å². The average molecular weight is 446 g/mol. The van der Waals surface area contributed by atoms with E-state index in [-0.39, 0.29) is 17.1 Å². The summed E-state index contributed by atoms with van der Waals surface area (Å²) >= 11 is 0. The number of benzene rings is 1. The number of amides is 1. The first-order valence-electron chi connectivity index (χ1n) is 10.1. The van der Waals surface area contributed by atoms with Gasteiger partial charge < -0.3 is 14.5 Å². The van der Waals surface area contributed by atoms with Crippen molar-refractivity contribution in [3.8, 4) is 5.69 Å². The van der Waals surface area contributed by atoms with Crippen molar-refractivity contribution < 1.29 is 17.6 Å². The van der Waals surface area contributed by atoms with Crippen LogP contribution in [0, 0.1) is 5.82 Å². The first kappa shape index (κ1) is 21.3. The summed E-state index contributed by atoms with van der Waals surface area (Å²) in [5, 5.41) is 2.73. The second kappa shape index (κ2) is 8.64. The molecule has 1 aromatic carbocycles. The fraction of sp³-hybridized carbons (Fsp3) is 0.333. The van der Waals surface area contributed by atoms with Crippen molar-refractivity contribution in [3.63, 3.8) is 0 Å². The molecule has 1 aliphatic rings. The van der Waals surface area contributed by atoms with E-state index in [1.165, 1.54) is 33.5 Å². The van der Waals surface area contributed by atoms with Crippen molar-refractivity contribution >= 4 is 15.9 Å². The average Bonchev–Trinajstić information content (AvgIpc) is 3.43. The molecule has 1 amide bonds. The van der Waals surface area contributed by atoms with Crippen molar-refractivity contribution in [2.24, 2.45) is 7.05 Å². The van der Waals surface area contributed by atoms with Gasteiger partial charge in [0.05, 0.1) is 12.0 Å². The first-order valence-corrected chi connectivity index (χ1v) is 11.5. The van der Waals surface area contributed by atoms with Crippen LogP contribution in [0.4, 0.5) is 4.39 Å². The van der Waals surface area contributed by atoms with Crippen molar-refractivity contribution in [2.45, 2.75) is 30.7 Å². The van der Waals surface area contributed by atoms with Crippen LogP contribution in [0.2, 0.25) is 0 Å². The van der Waals surface area contributed by atoms with Gasteiger partial charge in [-0.2, -0.15) is 4.31 Å². The number of hydrogen-bond donors (Lipinski definition) is 1. The van der Waals surface area contributed by atoms with Crippen LogP contribution < -0.4 is 5.32 Å². The van der Waals surface area contributed by atoms with Crippen molar-refractivity contribution in [3.05, 3.63) is 66.3 Å². The van der Waals surface area contributed by atoms with E-state index in [2.05, 4.69) is 10.3 Å². The number of carbonyl (C=O) groups excluding carboxylic acids is 1. The molecule has 0 unspecified atom stereocenters. The van der Waals surface area contributed by atoms with Crippen LogP contribution in [-0.4, -0.2) is 45.8 Å². The van der Waals surface area contributed by atoms with E-state index in [0.29, 0.717) is 24.3 Å². The Morgan fingerprint density at radius 2 is 1.97 bits per heavy atom. The van der Waals surface area contributed by atoms with Gasteiger partial charge in [0.2, 0.25) is 10.0 Å². The third kappa shape index (κ3) is 4.40. The van der Waals surface area contributed by atoms with Gasteiger partial charge in [0, 0.05) is 45.3 Å². The van der Waals surface area contributed by atoms with Gasteiger partial charge in [0.15, 0.2) is 0 Å². The molecule has 0 bridgehead atoms. The van der Waals surface area contributed by atoms with Gasteiger partial charge in [0.1, 0.15) is 16.4 Å². The normalized spacial score (nSPS) is 15.2. The highest BCUT2D eigenvalue weighted by Crippen LogP contribution is 2.22. The van der Waals surface area contributed by atoms with Gasteiger partial charge in [-0.15, -0.1) is 0 Å². The van der Waals surface area contributed by atoms with E-state index < -0.39 is 21.7 Å². The summed E-state index contributed by atoms with van der Waals surface area (Å²) in [6.07, 6.45) is 8.88. The van der Waals surface area contributed by atoms with Crippen molar-refractivity contribution in [1.82, 2.24) is 23.7 Å². The van der Waals surface area contributed by atoms with Gasteiger partial charge >= 0.3 is 0 Å². The zero-order chi connectivity index (χ0) is 22.0. The number of sulfonamides is 1. The molecule has 3 heterocycles. The molecule has 164 valence electrons. The minimum absolute atomic E-state index is 0.109. The standard InChI is InChI=1S/C21H24FN5O3S/c1-25-14-17(31(29,30)27-8-3-2-4-9-27)12-20(25)21(28)24-13-16-5-6-19(18(22)11-16)26-10-7-23-15-26/h5-7,10-12,14-15H,2-4,8-9,13H2,1H3,(H,24,28). The summed E-state index contributed by atoms with van der Waals surface area (Å²) in [5.74, 6) is -0.861. The maximum atomic E-state index is 14.4. The lowest BCUT2D eigenvalue weighted by Crippen LogP contribution is -2.35. The van der Waals surface area contributed by atoms with Crippen LogP contribution in [0.3, 0.4) is 0 Å². The summed E-state index contributed by atoms with van der Waals surface area (Å²) in [5.41, 5.74) is 1.18. The van der Waals surface area contributed by atoms with Gasteiger partial charge in [0.25, 0.3) is 5.91 Å². The van der Waals surface area contributed by atoms with Crippen LogP contribution in [0.25, 0.3) is 5.69 Å². The van der Waals surface area contributed by atoms with E-state index in [1.807, 2.05) is 0 Å². The number of piperidine rings is 1. The van der Waals surface area contributed by atoms with Crippen LogP contribution in [0.1, 0.15) is 35.3 Å². The lowest BCUT2D eigenvalue weighted by molar-refractivity contribution is 0.0942. The molecule has 4 rings (SSSR count). The quantitative estimate of drug-likeness (QED) is 0.631. The zero-order valence-corrected chi connectivity index (χ0v) is 18.0. The van der Waals surface area contributed by atoms with Crippen LogP contribution in [-0.2, 0) is 23.6 Å². The molecule has 1 aliphatic heterocycles. The van der Waals surface area contributed by atoms with Gasteiger partial charge in [-0.1, -0.05) is 12.5 Å². The Balaban J connectivity index is 1.45. The zero-order valence-electron chi connectivity index (χ0n) is 17.2. The number of nitrogens with zero attached hydrogens (tertiary/aromatic N) is 4. The largest absolute Gasteiger partial charge is 0.347 e. The predicted molar refractivity (Wildman–Crippen MR) is 113 cm³/mol. The number of aryl methyl sites for hydroxylation is 1. The number of imidazole rings is 1. The van der Waals surface area contributed by atoms with E-state index in [9.17, 15) is 17.6 Å². The topological polar surface area (TPSA) is 89.2 Å². The fourth-order valence-electron chi connectivity index (χ4n) is 3.70. The van der Waals surface area contributed by atoms with E-state index in [4.69, 9.17) is 0 Å². The van der Waals surface area contributed by atoms with Gasteiger partial charge in [-0.25, -0.2) is 17.8 Å². The minimum Gasteiger partial charge on any atom is -0.347 e. The SMILES string of the molecule is Cn1cc(S(=O)(=O)N2CCCCC2)cc1C(=O)NCc1ccc(-n2ccnc2)c(F)c1. The summed E-state index contributed by atoms with van der Waals surface area (Å²) in [4.78, 5) is 16.7. The molecule has 0 aliphatic carbocycles. The summed E-state index contributed by atoms with van der Waals surface area (Å²) in [7, 11) is -1.99. The Hall–Kier alpha value is -2.98. The summed E-state index contributed by atoms with van der Waals surface area (Å²) in [6.45, 7) is 1.11. The summed E-state index contributed by atoms with van der Waals surface area (Å²) < 4.78 is 44.6. The first-order chi connectivity index (χ1) is 14.9. The Morgan fingerprint density at radius 3 is 2.65 bits per heavy atom. The van der Waals surface area contributed by atoms with Crippen LogP contribution >= 0.6 is 0 Å². The van der Waals surface area contributed by atoms with Crippen molar-refractivity contribution in [1.29, 1.82) is 0 Å². The molecule has 0 atom stereocenters. The Labute approximate surface area is 180 Å². The fourth-order valence-corrected chi connectivity index (χ4v) is 5.29. The number of nitrogens with one attached hydrogen (secondary N) is 1. The Bertz CT molecular complexity index is 1180. The molecule has 0 saturated carbocycles. The Morgan fingerprint density at radius 1 is 1.19 bits per heavy atom. The molecule has 31 heavy (non-hydrogen) atoms. The maximum Gasteiger partial charge on any atom is 0.268 e. The van der Waals surface area contributed by atoms with Crippen molar-refractivity contribution in [2.75, 3.05) is 13.1 Å². The summed E-state index contributed by atoms with van der Waals surface area (Å²) in [6, 6.07) is 6.08. The Kier molecular flexibility index (Phi) is 5.92. The molecule has 0 radical (unpaired) electrons. The highest BCUT2D eigenvalue weighted by molar-refractivity contribution is 7.89. The monoisotopic (exact) mass is 445 g/mol. The number of aromatic nitrogens is 3. The molecule has 10 heteroatoms. The maximum absolute atomic E-state index is 14.4. The van der Waals surface area contributed by atoms with E-state index in [0.717, 1.165) is 19.3 Å². The second-order valence-electron chi connectivity index (χ2n) is 7.58. The van der Waals surface area contributed by atoms with E-state index in [1.54, 1.807) is 36.1 Å². The molecule has 2 aromatic heterocycles. The third-order valence-electron chi connectivity index (χ3n) is 5.41. The molecule has 1 saturated heterocycles. The molecule has 1 fully saturated rings. The molecule has 0 spiro atoms. The smallest absolute Gasteiger partial charge is 0.268 e. The second-order valence-corrected chi connectivity index (χ2v) is 9.51. The van der Waals surface area contributed by atoms with Gasteiger partial charge in [-0.3, -0.25) is 4.79 Å². The molecule has 3 aromatic rings. The lowest BCUT2D eigenvalue weighted by Gasteiger charge is -2.25. The molecular formula is C21H24FN5O3S. The van der Waals surface area contributed by atoms with Crippen LogP contribution in [0.15, 0.2) is 54.1 Å². The van der Waals surface area contributed by atoms with E-state index >= 15 is 0 Å². The molecular weight excluding hydrogens is 421 g/mol.